The zero-order chi connectivity index (χ0) is 13.7. The molecule has 4 nitrogen and oxygen atoms in total. The molecule has 1 rings (SSSR count). The third-order valence-corrected chi connectivity index (χ3v) is 3.53. The number of allylic oxidation sites excluding steroid dienone is 2. The lowest BCUT2D eigenvalue weighted by Crippen LogP contribution is -2.40. The van der Waals surface area contributed by atoms with E-state index in [4.69, 9.17) is 39.5 Å². The maximum atomic E-state index is 11.7. The SMILES string of the molecule is O=C([O-])[C@H]1CC=CC[C@@H]1C(=O)OCC(Cl)=C(Cl)Cl. The number of carboxylic acid groups (broad SMARTS) is 1. The van der Waals surface area contributed by atoms with Crippen LogP contribution < -0.4 is 5.11 Å². The topological polar surface area (TPSA) is 66.4 Å². The van der Waals surface area contributed by atoms with Crippen LogP contribution in [0.3, 0.4) is 0 Å². The number of carboxylic acids is 1. The van der Waals surface area contributed by atoms with Crippen LogP contribution in [0.15, 0.2) is 21.7 Å². The highest BCUT2D eigenvalue weighted by Gasteiger charge is 2.31. The van der Waals surface area contributed by atoms with Gasteiger partial charge in [0.25, 0.3) is 0 Å². The summed E-state index contributed by atoms with van der Waals surface area (Å²) >= 11 is 16.4. The molecule has 0 spiro atoms. The van der Waals surface area contributed by atoms with Gasteiger partial charge in [-0.3, -0.25) is 4.79 Å². The quantitative estimate of drug-likeness (QED) is 0.586. The van der Waals surface area contributed by atoms with Gasteiger partial charge in [0.2, 0.25) is 0 Å². The van der Waals surface area contributed by atoms with Crippen LogP contribution in [-0.2, 0) is 14.3 Å². The van der Waals surface area contributed by atoms with Crippen molar-refractivity contribution in [3.8, 4) is 0 Å². The summed E-state index contributed by atoms with van der Waals surface area (Å²) in [6, 6.07) is 0. The Morgan fingerprint density at radius 3 is 2.22 bits per heavy atom. The van der Waals surface area contributed by atoms with Crippen LogP contribution in [-0.4, -0.2) is 18.5 Å². The van der Waals surface area contributed by atoms with Crippen molar-refractivity contribution in [1.29, 1.82) is 0 Å². The number of carbonyl (C=O) groups is 2. The van der Waals surface area contributed by atoms with Crippen LogP contribution in [0.4, 0.5) is 0 Å². The van der Waals surface area contributed by atoms with Gasteiger partial charge in [-0.15, -0.1) is 0 Å². The van der Waals surface area contributed by atoms with Gasteiger partial charge in [-0.1, -0.05) is 47.0 Å². The lowest BCUT2D eigenvalue weighted by atomic mass is 9.83. The molecule has 0 radical (unpaired) electrons. The summed E-state index contributed by atoms with van der Waals surface area (Å²) < 4.78 is 4.67. The fourth-order valence-corrected chi connectivity index (χ4v) is 1.79. The predicted molar refractivity (Wildman–Crippen MR) is 65.9 cm³/mol. The van der Waals surface area contributed by atoms with Crippen molar-refractivity contribution in [3.63, 3.8) is 0 Å². The van der Waals surface area contributed by atoms with E-state index < -0.39 is 23.8 Å². The molecule has 18 heavy (non-hydrogen) atoms. The summed E-state index contributed by atoms with van der Waals surface area (Å²) in [7, 11) is 0. The van der Waals surface area contributed by atoms with E-state index in [1.807, 2.05) is 0 Å². The Labute approximate surface area is 119 Å². The van der Waals surface area contributed by atoms with Gasteiger partial charge in [0.15, 0.2) is 0 Å². The Morgan fingerprint density at radius 2 is 1.72 bits per heavy atom. The van der Waals surface area contributed by atoms with E-state index in [9.17, 15) is 14.7 Å². The van der Waals surface area contributed by atoms with Gasteiger partial charge < -0.3 is 14.6 Å². The molecule has 0 unspecified atom stereocenters. The number of hydrogen-bond donors (Lipinski definition) is 0. The first-order chi connectivity index (χ1) is 8.43. The van der Waals surface area contributed by atoms with E-state index in [0.717, 1.165) is 0 Å². The second-order valence-electron chi connectivity index (χ2n) is 3.75. The van der Waals surface area contributed by atoms with Crippen LogP contribution in [0.1, 0.15) is 12.8 Å². The summed E-state index contributed by atoms with van der Waals surface area (Å²) in [5, 5.41) is 10.9. The molecule has 0 heterocycles. The van der Waals surface area contributed by atoms with Crippen molar-refractivity contribution in [1.82, 2.24) is 0 Å². The average molecular weight is 313 g/mol. The van der Waals surface area contributed by atoms with Crippen LogP contribution in [0.5, 0.6) is 0 Å². The van der Waals surface area contributed by atoms with Crippen molar-refractivity contribution in [3.05, 3.63) is 21.7 Å². The Hall–Kier alpha value is -0.710. The van der Waals surface area contributed by atoms with E-state index in [2.05, 4.69) is 0 Å². The van der Waals surface area contributed by atoms with Gasteiger partial charge in [-0.2, -0.15) is 0 Å². The summed E-state index contributed by atoms with van der Waals surface area (Å²) in [6.45, 7) is -0.275. The largest absolute Gasteiger partial charge is 0.550 e. The first-order valence-corrected chi connectivity index (χ1v) is 6.29. The van der Waals surface area contributed by atoms with Gasteiger partial charge in [0.1, 0.15) is 11.1 Å². The molecule has 1 aliphatic carbocycles. The molecule has 100 valence electrons. The normalized spacial score (nSPS) is 22.4. The molecule has 0 aromatic rings. The molecule has 0 N–H and O–H groups in total. The highest BCUT2D eigenvalue weighted by atomic mass is 35.5. The lowest BCUT2D eigenvalue weighted by Gasteiger charge is -2.27. The first kappa shape index (κ1) is 15.3. The second-order valence-corrected chi connectivity index (χ2v) is 5.15. The number of ether oxygens (including phenoxy) is 1. The molecule has 1 aliphatic rings. The van der Waals surface area contributed by atoms with Crippen molar-refractivity contribution in [2.75, 3.05) is 6.61 Å². The minimum absolute atomic E-state index is 0.0111. The number of rotatable bonds is 4. The lowest BCUT2D eigenvalue weighted by molar-refractivity contribution is -0.313. The fraction of sp³-hybridized carbons (Fsp3) is 0.455. The number of aliphatic carboxylic acids is 1. The third-order valence-electron chi connectivity index (χ3n) is 2.58. The minimum atomic E-state index is -1.27. The second kappa shape index (κ2) is 7.02. The first-order valence-electron chi connectivity index (χ1n) is 5.15. The van der Waals surface area contributed by atoms with E-state index in [0.29, 0.717) is 6.42 Å². The molecule has 0 bridgehead atoms. The number of hydrogen-bond acceptors (Lipinski definition) is 4. The van der Waals surface area contributed by atoms with Gasteiger partial charge in [-0.25, -0.2) is 0 Å². The average Bonchev–Trinajstić information content (AvgIpc) is 2.35. The Morgan fingerprint density at radius 1 is 1.17 bits per heavy atom. The van der Waals surface area contributed by atoms with Crippen LogP contribution in [0, 0.1) is 11.8 Å². The van der Waals surface area contributed by atoms with Crippen LogP contribution >= 0.6 is 34.8 Å². The Balaban J connectivity index is 2.63. The van der Waals surface area contributed by atoms with E-state index >= 15 is 0 Å². The van der Waals surface area contributed by atoms with E-state index in [1.165, 1.54) is 0 Å². The number of carbonyl (C=O) groups excluding carboxylic acids is 2. The van der Waals surface area contributed by atoms with Gasteiger partial charge in [-0.05, 0) is 12.8 Å². The van der Waals surface area contributed by atoms with E-state index in [-0.39, 0.29) is 22.6 Å². The number of halogens is 3. The molecular weight excluding hydrogens is 302 g/mol. The molecule has 0 amide bonds. The van der Waals surface area contributed by atoms with Gasteiger partial charge in [0.05, 0.1) is 11.0 Å². The molecule has 0 saturated carbocycles. The Bertz CT molecular complexity index is 399. The molecule has 0 saturated heterocycles. The molecule has 7 heteroatoms. The maximum Gasteiger partial charge on any atom is 0.310 e. The fourth-order valence-electron chi connectivity index (χ4n) is 1.63. The standard InChI is InChI=1S/C11H11Cl3O4/c12-8(9(13)14)5-18-11(17)7-4-2-1-3-6(7)10(15)16/h1-2,6-7H,3-5H2,(H,15,16)/p-1/t6-,7-/m0/s1. The van der Waals surface area contributed by atoms with Crippen LogP contribution in [0.25, 0.3) is 0 Å². The Kier molecular flexibility index (Phi) is 5.99. The molecule has 0 aromatic heterocycles. The molecule has 2 atom stereocenters. The van der Waals surface area contributed by atoms with Crippen molar-refractivity contribution >= 4 is 46.7 Å². The van der Waals surface area contributed by atoms with Crippen molar-refractivity contribution < 1.29 is 19.4 Å². The molecular formula is C11H10Cl3O4-. The molecule has 0 aromatic carbocycles. The van der Waals surface area contributed by atoms with Gasteiger partial charge in [0, 0.05) is 11.9 Å². The van der Waals surface area contributed by atoms with E-state index in [1.54, 1.807) is 12.2 Å². The molecule has 0 aliphatic heterocycles. The van der Waals surface area contributed by atoms with Gasteiger partial charge >= 0.3 is 5.97 Å². The summed E-state index contributed by atoms with van der Waals surface area (Å²) in [5.74, 6) is -3.56. The smallest absolute Gasteiger partial charge is 0.310 e. The third kappa shape index (κ3) is 4.19. The highest BCUT2D eigenvalue weighted by Crippen LogP contribution is 2.27. The minimum Gasteiger partial charge on any atom is -0.550 e. The predicted octanol–water partition coefficient (Wildman–Crippen LogP) is 1.75. The van der Waals surface area contributed by atoms with Crippen molar-refractivity contribution in [2.45, 2.75) is 12.8 Å². The van der Waals surface area contributed by atoms with Crippen LogP contribution in [0.2, 0.25) is 0 Å². The summed E-state index contributed by atoms with van der Waals surface area (Å²) in [5.41, 5.74) is 0. The zero-order valence-electron chi connectivity index (χ0n) is 9.20. The molecule has 0 fully saturated rings. The summed E-state index contributed by atoms with van der Waals surface area (Å²) in [6.07, 6.45) is 3.99. The summed E-state index contributed by atoms with van der Waals surface area (Å²) in [4.78, 5) is 22.6. The highest BCUT2D eigenvalue weighted by molar-refractivity contribution is 6.59. The van der Waals surface area contributed by atoms with Crippen molar-refractivity contribution in [2.24, 2.45) is 11.8 Å². The monoisotopic (exact) mass is 311 g/mol. The maximum absolute atomic E-state index is 11.7. The zero-order valence-corrected chi connectivity index (χ0v) is 11.5. The number of esters is 1.